The van der Waals surface area contributed by atoms with E-state index in [2.05, 4.69) is 15.2 Å². The smallest absolute Gasteiger partial charge is 0.257 e. The maximum atomic E-state index is 13.0. The van der Waals surface area contributed by atoms with Crippen LogP contribution in [0, 0.1) is 0 Å². The Morgan fingerprint density at radius 2 is 1.96 bits per heavy atom. The fraction of sp³-hybridized carbons (Fsp3) is 0.450. The molecule has 0 radical (unpaired) electrons. The van der Waals surface area contributed by atoms with Crippen LogP contribution in [0.4, 0.5) is 11.6 Å². The molecule has 0 unspecified atom stereocenters. The first-order valence-corrected chi connectivity index (χ1v) is 9.87. The summed E-state index contributed by atoms with van der Waals surface area (Å²) in [5.41, 5.74) is 2.63. The minimum Gasteiger partial charge on any atom is -0.381 e. The maximum absolute atomic E-state index is 13.0. The van der Waals surface area contributed by atoms with Gasteiger partial charge in [-0.3, -0.25) is 4.79 Å². The molecule has 27 heavy (non-hydrogen) atoms. The average molecular weight is 387 g/mol. The minimum atomic E-state index is -0.163. The number of carbonyl (C=O) groups excluding carboxylic acids is 1. The van der Waals surface area contributed by atoms with Gasteiger partial charge < -0.3 is 15.0 Å². The molecular formula is C20H23ClN4O2. The lowest BCUT2D eigenvalue weighted by molar-refractivity contribution is 0.102. The van der Waals surface area contributed by atoms with E-state index >= 15 is 0 Å². The summed E-state index contributed by atoms with van der Waals surface area (Å²) in [5.74, 6) is 1.22. The highest BCUT2D eigenvalue weighted by Crippen LogP contribution is 2.26. The molecule has 1 saturated heterocycles. The lowest BCUT2D eigenvalue weighted by Crippen LogP contribution is -2.31. The summed E-state index contributed by atoms with van der Waals surface area (Å²) in [4.78, 5) is 24.4. The monoisotopic (exact) mass is 386 g/mol. The van der Waals surface area contributed by atoms with E-state index in [1.165, 1.54) is 12.6 Å². The number of amides is 1. The van der Waals surface area contributed by atoms with Crippen LogP contribution in [0.2, 0.25) is 5.02 Å². The number of pyridine rings is 2. The van der Waals surface area contributed by atoms with Crippen molar-refractivity contribution in [2.75, 3.05) is 36.5 Å². The van der Waals surface area contributed by atoms with E-state index < -0.39 is 0 Å². The van der Waals surface area contributed by atoms with Crippen molar-refractivity contribution in [1.29, 1.82) is 0 Å². The van der Waals surface area contributed by atoms with Gasteiger partial charge in [0.1, 0.15) is 11.6 Å². The van der Waals surface area contributed by atoms with Crippen LogP contribution in [0.25, 0.3) is 0 Å². The van der Waals surface area contributed by atoms with Gasteiger partial charge in [-0.15, -0.1) is 0 Å². The van der Waals surface area contributed by atoms with Gasteiger partial charge >= 0.3 is 0 Å². The molecule has 0 aromatic carbocycles. The fourth-order valence-corrected chi connectivity index (χ4v) is 3.77. The summed E-state index contributed by atoms with van der Waals surface area (Å²) < 4.78 is 5.62. The molecule has 2 aliphatic rings. The third-order valence-electron chi connectivity index (χ3n) is 5.07. The van der Waals surface area contributed by atoms with Crippen LogP contribution in [-0.4, -0.2) is 42.2 Å². The van der Waals surface area contributed by atoms with Gasteiger partial charge in [0.25, 0.3) is 5.91 Å². The topological polar surface area (TPSA) is 67.4 Å². The Bertz CT molecular complexity index is 819. The van der Waals surface area contributed by atoms with Crippen molar-refractivity contribution in [3.8, 4) is 0 Å². The van der Waals surface area contributed by atoms with Gasteiger partial charge in [-0.2, -0.15) is 0 Å². The lowest BCUT2D eigenvalue weighted by Gasteiger charge is -2.29. The number of piperidine rings is 1. The van der Waals surface area contributed by atoms with Crippen molar-refractivity contribution < 1.29 is 9.53 Å². The molecule has 0 saturated carbocycles. The Hall–Kier alpha value is -2.18. The van der Waals surface area contributed by atoms with E-state index in [0.29, 0.717) is 36.0 Å². The molecule has 142 valence electrons. The van der Waals surface area contributed by atoms with Gasteiger partial charge in [0.2, 0.25) is 0 Å². The molecule has 2 aromatic rings. The van der Waals surface area contributed by atoms with Crippen molar-refractivity contribution in [3.05, 3.63) is 46.2 Å². The quantitative estimate of drug-likeness (QED) is 0.874. The highest BCUT2D eigenvalue weighted by Gasteiger charge is 2.23. The molecule has 7 heteroatoms. The van der Waals surface area contributed by atoms with Crippen LogP contribution in [0.15, 0.2) is 24.4 Å². The second-order valence-corrected chi connectivity index (χ2v) is 7.37. The minimum absolute atomic E-state index is 0.163. The predicted molar refractivity (Wildman–Crippen MR) is 106 cm³/mol. The largest absolute Gasteiger partial charge is 0.381 e. The lowest BCUT2D eigenvalue weighted by atomic mass is 10.0. The normalized spacial score (nSPS) is 17.1. The highest BCUT2D eigenvalue weighted by atomic mass is 35.5. The number of anilines is 2. The number of carbonyl (C=O) groups is 1. The van der Waals surface area contributed by atoms with Gasteiger partial charge in [0, 0.05) is 37.0 Å². The zero-order valence-electron chi connectivity index (χ0n) is 15.2. The molecule has 4 heterocycles. The number of halogens is 1. The van der Waals surface area contributed by atoms with Crippen LogP contribution in [0.5, 0.6) is 0 Å². The first-order valence-electron chi connectivity index (χ1n) is 9.49. The zero-order chi connectivity index (χ0) is 18.6. The molecule has 0 bridgehead atoms. The molecule has 1 fully saturated rings. The Kier molecular flexibility index (Phi) is 5.55. The molecule has 1 N–H and O–H groups in total. The average Bonchev–Trinajstić information content (AvgIpc) is 2.95. The Morgan fingerprint density at radius 1 is 1.15 bits per heavy atom. The first kappa shape index (κ1) is 18.2. The van der Waals surface area contributed by atoms with E-state index in [9.17, 15) is 4.79 Å². The van der Waals surface area contributed by atoms with E-state index in [4.69, 9.17) is 21.3 Å². The van der Waals surface area contributed by atoms with Gasteiger partial charge in [0.05, 0.1) is 18.2 Å². The van der Waals surface area contributed by atoms with E-state index in [1.807, 2.05) is 6.07 Å². The van der Waals surface area contributed by atoms with Crippen molar-refractivity contribution in [1.82, 2.24) is 9.97 Å². The molecule has 1 amide bonds. The van der Waals surface area contributed by atoms with Crippen LogP contribution in [-0.2, 0) is 17.6 Å². The van der Waals surface area contributed by atoms with Crippen LogP contribution >= 0.6 is 11.6 Å². The summed E-state index contributed by atoms with van der Waals surface area (Å²) >= 11 is 5.88. The van der Waals surface area contributed by atoms with Gasteiger partial charge in [-0.1, -0.05) is 11.6 Å². The Labute approximate surface area is 163 Å². The number of hydrogen-bond acceptors (Lipinski definition) is 5. The van der Waals surface area contributed by atoms with Crippen LogP contribution in [0.3, 0.4) is 0 Å². The second-order valence-electron chi connectivity index (χ2n) is 6.93. The first-order chi connectivity index (χ1) is 13.2. The summed E-state index contributed by atoms with van der Waals surface area (Å²) in [6, 6.07) is 5.35. The predicted octanol–water partition coefficient (Wildman–Crippen LogP) is 3.49. The molecule has 4 rings (SSSR count). The van der Waals surface area contributed by atoms with E-state index in [1.54, 1.807) is 12.1 Å². The molecule has 2 aromatic heterocycles. The highest BCUT2D eigenvalue weighted by molar-refractivity contribution is 6.30. The summed E-state index contributed by atoms with van der Waals surface area (Å²) in [6.45, 7) is 3.23. The summed E-state index contributed by atoms with van der Waals surface area (Å²) in [7, 11) is 0. The van der Waals surface area contributed by atoms with Gasteiger partial charge in [-0.05, 0) is 49.4 Å². The van der Waals surface area contributed by atoms with Gasteiger partial charge in [0.15, 0.2) is 0 Å². The number of nitrogens with one attached hydrogen (secondary N) is 1. The number of fused-ring (bicyclic) bond motifs is 1. The number of rotatable bonds is 3. The number of ether oxygens (including phenoxy) is 1. The van der Waals surface area contributed by atoms with Gasteiger partial charge in [-0.25, -0.2) is 9.97 Å². The van der Waals surface area contributed by atoms with Crippen molar-refractivity contribution in [3.63, 3.8) is 0 Å². The molecular weight excluding hydrogens is 364 g/mol. The zero-order valence-corrected chi connectivity index (χ0v) is 16.0. The standard InChI is InChI=1S/C20H23ClN4O2/c21-14-4-5-18(22-13-14)24-20(26)16-12-19(25-8-2-1-3-9-25)23-17-7-11-27-10-6-15(16)17/h4-5,12-13H,1-3,6-11H2,(H,22,24,26). The maximum Gasteiger partial charge on any atom is 0.257 e. The molecule has 6 nitrogen and oxygen atoms in total. The number of nitrogens with zero attached hydrogens (tertiary/aromatic N) is 3. The number of hydrogen-bond donors (Lipinski definition) is 1. The molecule has 0 atom stereocenters. The van der Waals surface area contributed by atoms with Crippen LogP contribution in [0.1, 0.15) is 40.9 Å². The fourth-order valence-electron chi connectivity index (χ4n) is 3.66. The van der Waals surface area contributed by atoms with Crippen molar-refractivity contribution in [2.24, 2.45) is 0 Å². The number of aromatic nitrogens is 2. The van der Waals surface area contributed by atoms with Crippen molar-refractivity contribution >= 4 is 29.1 Å². The summed E-state index contributed by atoms with van der Waals surface area (Å²) in [6.07, 6.45) is 6.54. The molecule has 0 spiro atoms. The third-order valence-corrected chi connectivity index (χ3v) is 5.29. The summed E-state index contributed by atoms with van der Waals surface area (Å²) in [5, 5.41) is 3.43. The van der Waals surface area contributed by atoms with E-state index in [0.717, 1.165) is 49.4 Å². The molecule has 2 aliphatic heterocycles. The Morgan fingerprint density at radius 3 is 2.74 bits per heavy atom. The van der Waals surface area contributed by atoms with E-state index in [-0.39, 0.29) is 5.91 Å². The third kappa shape index (κ3) is 4.22. The molecule has 0 aliphatic carbocycles. The SMILES string of the molecule is O=C(Nc1ccc(Cl)cn1)c1cc(N2CCCCC2)nc2c1CCOCC2. The van der Waals surface area contributed by atoms with Crippen molar-refractivity contribution in [2.45, 2.75) is 32.1 Å². The second kappa shape index (κ2) is 8.23. The van der Waals surface area contributed by atoms with Crippen LogP contribution < -0.4 is 10.2 Å². The Balaban J connectivity index is 1.68.